The first-order chi connectivity index (χ1) is 12.3. The number of hydrogen-bond donors (Lipinski definition) is 0. The van der Waals surface area contributed by atoms with Crippen LogP contribution in [0.3, 0.4) is 0 Å². The van der Waals surface area contributed by atoms with Gasteiger partial charge in [0.05, 0.1) is 14.9 Å². The molecule has 0 aliphatic carbocycles. The topological polar surface area (TPSA) is 40.6 Å². The molecule has 1 aliphatic rings. The smallest absolute Gasteiger partial charge is 0.243 e. The normalized spacial score (nSPS) is 16.1. The molecular formula is C19H22Cl2N2O2S. The van der Waals surface area contributed by atoms with Crippen LogP contribution in [0.5, 0.6) is 0 Å². The van der Waals surface area contributed by atoms with Crippen LogP contribution in [0.1, 0.15) is 18.1 Å². The standard InChI is InChI=1S/C19H22Cl2N2O2S/c1-3-15-6-4-5-7-18(15)22-8-10-23(11-9-22)26(24,25)19-13-17(21)16(20)12-14(19)2/h4-7,12-13H,3,8-11H2,1-2H3. The van der Waals surface area contributed by atoms with E-state index in [0.717, 1.165) is 6.42 Å². The second-order valence-corrected chi connectivity index (χ2v) is 9.13. The van der Waals surface area contributed by atoms with Crippen LogP contribution in [0.15, 0.2) is 41.3 Å². The van der Waals surface area contributed by atoms with Gasteiger partial charge in [-0.3, -0.25) is 0 Å². The van der Waals surface area contributed by atoms with Gasteiger partial charge in [0.25, 0.3) is 0 Å². The van der Waals surface area contributed by atoms with Crippen LogP contribution in [0, 0.1) is 6.92 Å². The van der Waals surface area contributed by atoms with E-state index in [1.54, 1.807) is 13.0 Å². The van der Waals surface area contributed by atoms with Crippen molar-refractivity contribution >= 4 is 38.9 Å². The minimum Gasteiger partial charge on any atom is -0.369 e. The highest BCUT2D eigenvalue weighted by Gasteiger charge is 2.30. The lowest BCUT2D eigenvalue weighted by Gasteiger charge is -2.36. The number of anilines is 1. The highest BCUT2D eigenvalue weighted by atomic mass is 35.5. The molecule has 4 nitrogen and oxygen atoms in total. The molecule has 0 spiro atoms. The third kappa shape index (κ3) is 3.72. The maximum Gasteiger partial charge on any atom is 0.243 e. The van der Waals surface area contributed by atoms with Gasteiger partial charge < -0.3 is 4.90 Å². The summed E-state index contributed by atoms with van der Waals surface area (Å²) in [5, 5.41) is 0.621. The fourth-order valence-corrected chi connectivity index (χ4v) is 5.43. The van der Waals surface area contributed by atoms with Gasteiger partial charge >= 0.3 is 0 Å². The van der Waals surface area contributed by atoms with E-state index in [1.807, 2.05) is 12.1 Å². The first-order valence-electron chi connectivity index (χ1n) is 8.63. The van der Waals surface area contributed by atoms with Crippen molar-refractivity contribution in [3.05, 3.63) is 57.6 Å². The van der Waals surface area contributed by atoms with Gasteiger partial charge in [0.2, 0.25) is 10.0 Å². The minimum atomic E-state index is -3.59. The summed E-state index contributed by atoms with van der Waals surface area (Å²) in [6.45, 7) is 6.09. The van der Waals surface area contributed by atoms with E-state index in [-0.39, 0.29) is 9.92 Å². The van der Waals surface area contributed by atoms with Crippen molar-refractivity contribution in [2.24, 2.45) is 0 Å². The minimum absolute atomic E-state index is 0.231. The Balaban J connectivity index is 1.80. The maximum absolute atomic E-state index is 13.0. The van der Waals surface area contributed by atoms with Crippen molar-refractivity contribution in [1.82, 2.24) is 4.31 Å². The quantitative estimate of drug-likeness (QED) is 0.747. The van der Waals surface area contributed by atoms with Crippen molar-refractivity contribution in [3.8, 4) is 0 Å². The molecule has 140 valence electrons. The van der Waals surface area contributed by atoms with Gasteiger partial charge in [-0.05, 0) is 42.7 Å². The van der Waals surface area contributed by atoms with Crippen LogP contribution in [0.25, 0.3) is 0 Å². The molecule has 2 aromatic carbocycles. The molecule has 3 rings (SSSR count). The largest absolute Gasteiger partial charge is 0.369 e. The van der Waals surface area contributed by atoms with E-state index in [4.69, 9.17) is 23.2 Å². The van der Waals surface area contributed by atoms with Gasteiger partial charge in [0, 0.05) is 31.9 Å². The van der Waals surface area contributed by atoms with Gasteiger partial charge in [-0.1, -0.05) is 48.3 Å². The van der Waals surface area contributed by atoms with E-state index in [0.29, 0.717) is 36.8 Å². The Bertz CT molecular complexity index is 908. The predicted molar refractivity (Wildman–Crippen MR) is 108 cm³/mol. The molecule has 0 radical (unpaired) electrons. The van der Waals surface area contributed by atoms with E-state index in [9.17, 15) is 8.42 Å². The summed E-state index contributed by atoms with van der Waals surface area (Å²) in [6, 6.07) is 11.3. The fraction of sp³-hybridized carbons (Fsp3) is 0.368. The lowest BCUT2D eigenvalue weighted by Crippen LogP contribution is -2.49. The number of halogens is 2. The molecule has 0 N–H and O–H groups in total. The Morgan fingerprint density at radius 1 is 1.00 bits per heavy atom. The summed E-state index contributed by atoms with van der Waals surface area (Å²) in [6.07, 6.45) is 0.956. The molecule has 1 heterocycles. The van der Waals surface area contributed by atoms with Crippen molar-refractivity contribution in [2.45, 2.75) is 25.2 Å². The molecule has 7 heteroatoms. The van der Waals surface area contributed by atoms with Crippen molar-refractivity contribution in [1.29, 1.82) is 0 Å². The molecule has 0 amide bonds. The summed E-state index contributed by atoms with van der Waals surface area (Å²) in [4.78, 5) is 2.49. The molecule has 1 saturated heterocycles. The molecule has 0 unspecified atom stereocenters. The van der Waals surface area contributed by atoms with Gasteiger partial charge in [-0.15, -0.1) is 0 Å². The van der Waals surface area contributed by atoms with Crippen LogP contribution >= 0.6 is 23.2 Å². The van der Waals surface area contributed by atoms with Crippen LogP contribution in [0.4, 0.5) is 5.69 Å². The number of nitrogens with zero attached hydrogens (tertiary/aromatic N) is 2. The average Bonchev–Trinajstić information content (AvgIpc) is 2.64. The van der Waals surface area contributed by atoms with E-state index in [2.05, 4.69) is 24.0 Å². The second kappa shape index (κ2) is 7.77. The molecular weight excluding hydrogens is 391 g/mol. The number of rotatable bonds is 4. The molecule has 0 bridgehead atoms. The number of benzene rings is 2. The zero-order valence-electron chi connectivity index (χ0n) is 14.9. The molecule has 0 aromatic heterocycles. The Labute approximate surface area is 165 Å². The average molecular weight is 413 g/mol. The zero-order chi connectivity index (χ0) is 18.9. The highest BCUT2D eigenvalue weighted by Crippen LogP contribution is 2.31. The molecule has 0 saturated carbocycles. The van der Waals surface area contributed by atoms with Crippen LogP contribution in [-0.2, 0) is 16.4 Å². The number of sulfonamides is 1. The number of piperazine rings is 1. The number of hydrogen-bond acceptors (Lipinski definition) is 3. The fourth-order valence-electron chi connectivity index (χ4n) is 3.33. The summed E-state index contributed by atoms with van der Waals surface area (Å²) < 4.78 is 27.6. The van der Waals surface area contributed by atoms with Crippen LogP contribution < -0.4 is 4.90 Å². The Hall–Kier alpha value is -1.27. The first kappa shape index (κ1) is 19.5. The summed E-state index contributed by atoms with van der Waals surface area (Å²) in [5.74, 6) is 0. The number of para-hydroxylation sites is 1. The molecule has 1 fully saturated rings. The van der Waals surface area contributed by atoms with Gasteiger partial charge in [0.1, 0.15) is 0 Å². The van der Waals surface area contributed by atoms with Crippen molar-refractivity contribution in [3.63, 3.8) is 0 Å². The van der Waals surface area contributed by atoms with Crippen molar-refractivity contribution in [2.75, 3.05) is 31.1 Å². The molecule has 2 aromatic rings. The van der Waals surface area contributed by atoms with E-state index < -0.39 is 10.0 Å². The number of aryl methyl sites for hydroxylation is 2. The zero-order valence-corrected chi connectivity index (χ0v) is 17.2. The molecule has 1 aliphatic heterocycles. The maximum atomic E-state index is 13.0. The monoisotopic (exact) mass is 412 g/mol. The first-order valence-corrected chi connectivity index (χ1v) is 10.8. The van der Waals surface area contributed by atoms with Crippen molar-refractivity contribution < 1.29 is 8.42 Å². The second-order valence-electron chi connectivity index (χ2n) is 6.41. The summed E-state index contributed by atoms with van der Waals surface area (Å²) >= 11 is 12.0. The highest BCUT2D eigenvalue weighted by molar-refractivity contribution is 7.89. The Morgan fingerprint density at radius 3 is 2.27 bits per heavy atom. The van der Waals surface area contributed by atoms with Crippen LogP contribution in [-0.4, -0.2) is 38.9 Å². The van der Waals surface area contributed by atoms with Gasteiger partial charge in [0.15, 0.2) is 0 Å². The SMILES string of the molecule is CCc1ccccc1N1CCN(S(=O)(=O)c2cc(Cl)c(Cl)cc2C)CC1. The molecule has 0 atom stereocenters. The third-order valence-corrected chi connectivity index (χ3v) is 7.55. The van der Waals surface area contributed by atoms with Gasteiger partial charge in [-0.2, -0.15) is 4.31 Å². The van der Waals surface area contributed by atoms with Crippen LogP contribution in [0.2, 0.25) is 10.0 Å². The predicted octanol–water partition coefficient (Wildman–Crippen LogP) is 4.38. The summed E-state index contributed by atoms with van der Waals surface area (Å²) in [5.41, 5.74) is 3.08. The Morgan fingerprint density at radius 2 is 1.62 bits per heavy atom. The van der Waals surface area contributed by atoms with Gasteiger partial charge in [-0.25, -0.2) is 8.42 Å². The lowest BCUT2D eigenvalue weighted by molar-refractivity contribution is 0.384. The third-order valence-electron chi connectivity index (χ3n) is 4.79. The summed E-state index contributed by atoms with van der Waals surface area (Å²) in [7, 11) is -3.59. The lowest BCUT2D eigenvalue weighted by atomic mass is 10.1. The van der Waals surface area contributed by atoms with E-state index in [1.165, 1.54) is 21.6 Å². The molecule has 26 heavy (non-hydrogen) atoms. The van der Waals surface area contributed by atoms with E-state index >= 15 is 0 Å². The Kier molecular flexibility index (Phi) is 5.82.